The second-order valence-corrected chi connectivity index (χ2v) is 4.07. The van der Waals surface area contributed by atoms with E-state index in [-0.39, 0.29) is 11.8 Å². The minimum absolute atomic E-state index is 0.0475. The smallest absolute Gasteiger partial charge is 0.229 e. The van der Waals surface area contributed by atoms with Gasteiger partial charge in [0.05, 0.1) is 0 Å². The average molecular weight is 205 g/mol. The highest BCUT2D eigenvalue weighted by atomic mass is 16.2. The minimum atomic E-state index is 0.0475. The zero-order valence-electron chi connectivity index (χ0n) is 9.95. The van der Waals surface area contributed by atoms with E-state index in [1.807, 2.05) is 56.9 Å². The zero-order chi connectivity index (χ0) is 11.4. The largest absolute Gasteiger partial charge is 0.312 e. The standard InChI is InChI=1S/C13H19NO/c1-5-14(13(15)10(2)3)12-8-6-11(4)7-9-12/h6-10H,5H2,1-4H3. The van der Waals surface area contributed by atoms with E-state index in [1.54, 1.807) is 0 Å². The van der Waals surface area contributed by atoms with E-state index in [0.29, 0.717) is 0 Å². The number of hydrogen-bond donors (Lipinski definition) is 0. The first-order valence-electron chi connectivity index (χ1n) is 5.44. The molecule has 0 aliphatic rings. The maximum Gasteiger partial charge on any atom is 0.229 e. The molecule has 2 nitrogen and oxygen atoms in total. The summed E-state index contributed by atoms with van der Waals surface area (Å²) in [5, 5.41) is 0. The summed E-state index contributed by atoms with van der Waals surface area (Å²) in [4.78, 5) is 13.7. The molecule has 0 unspecified atom stereocenters. The van der Waals surface area contributed by atoms with Crippen LogP contribution in [0.3, 0.4) is 0 Å². The zero-order valence-corrected chi connectivity index (χ0v) is 9.95. The van der Waals surface area contributed by atoms with Gasteiger partial charge in [0.1, 0.15) is 0 Å². The summed E-state index contributed by atoms with van der Waals surface area (Å²) < 4.78 is 0. The third kappa shape index (κ3) is 2.82. The summed E-state index contributed by atoms with van der Waals surface area (Å²) in [5.74, 6) is 0.229. The molecular formula is C13H19NO. The van der Waals surface area contributed by atoms with Crippen LogP contribution in [0.5, 0.6) is 0 Å². The summed E-state index contributed by atoms with van der Waals surface area (Å²) >= 11 is 0. The fraction of sp³-hybridized carbons (Fsp3) is 0.462. The Labute approximate surface area is 91.9 Å². The molecule has 15 heavy (non-hydrogen) atoms. The van der Waals surface area contributed by atoms with E-state index in [0.717, 1.165) is 12.2 Å². The molecule has 1 rings (SSSR count). The van der Waals surface area contributed by atoms with Crippen LogP contribution in [0.2, 0.25) is 0 Å². The summed E-state index contributed by atoms with van der Waals surface area (Å²) in [7, 11) is 0. The Morgan fingerprint density at radius 3 is 2.20 bits per heavy atom. The van der Waals surface area contributed by atoms with E-state index in [1.165, 1.54) is 5.56 Å². The second kappa shape index (κ2) is 4.96. The van der Waals surface area contributed by atoms with Crippen LogP contribution in [0.1, 0.15) is 26.3 Å². The van der Waals surface area contributed by atoms with Crippen LogP contribution < -0.4 is 4.90 Å². The van der Waals surface area contributed by atoms with Crippen LogP contribution in [-0.4, -0.2) is 12.5 Å². The minimum Gasteiger partial charge on any atom is -0.312 e. The van der Waals surface area contributed by atoms with Crippen LogP contribution in [0, 0.1) is 12.8 Å². The number of amides is 1. The number of benzene rings is 1. The Morgan fingerprint density at radius 1 is 1.27 bits per heavy atom. The van der Waals surface area contributed by atoms with Gasteiger partial charge in [-0.15, -0.1) is 0 Å². The molecule has 1 aromatic carbocycles. The van der Waals surface area contributed by atoms with Gasteiger partial charge >= 0.3 is 0 Å². The van der Waals surface area contributed by atoms with Gasteiger partial charge in [-0.3, -0.25) is 4.79 Å². The van der Waals surface area contributed by atoms with E-state index in [2.05, 4.69) is 0 Å². The van der Waals surface area contributed by atoms with Crippen molar-refractivity contribution in [2.24, 2.45) is 5.92 Å². The number of hydrogen-bond acceptors (Lipinski definition) is 1. The number of anilines is 1. The van der Waals surface area contributed by atoms with Crippen LogP contribution >= 0.6 is 0 Å². The highest BCUT2D eigenvalue weighted by Gasteiger charge is 2.16. The van der Waals surface area contributed by atoms with Gasteiger partial charge in [0.2, 0.25) is 5.91 Å². The van der Waals surface area contributed by atoms with Crippen molar-refractivity contribution in [3.8, 4) is 0 Å². The molecule has 0 aromatic heterocycles. The molecule has 0 N–H and O–H groups in total. The molecule has 2 heteroatoms. The van der Waals surface area contributed by atoms with E-state index in [9.17, 15) is 4.79 Å². The molecule has 0 spiro atoms. The Balaban J connectivity index is 2.92. The van der Waals surface area contributed by atoms with E-state index >= 15 is 0 Å². The number of carbonyl (C=O) groups is 1. The molecule has 0 saturated heterocycles. The lowest BCUT2D eigenvalue weighted by Gasteiger charge is -2.23. The molecule has 0 heterocycles. The van der Waals surface area contributed by atoms with Crippen molar-refractivity contribution in [3.05, 3.63) is 29.8 Å². The third-order valence-electron chi connectivity index (χ3n) is 2.42. The van der Waals surface area contributed by atoms with Crippen molar-refractivity contribution in [2.75, 3.05) is 11.4 Å². The molecule has 82 valence electrons. The van der Waals surface area contributed by atoms with Gasteiger partial charge < -0.3 is 4.90 Å². The first-order chi connectivity index (χ1) is 7.06. The highest BCUT2D eigenvalue weighted by Crippen LogP contribution is 2.17. The Hall–Kier alpha value is -1.31. The van der Waals surface area contributed by atoms with Crippen molar-refractivity contribution in [1.29, 1.82) is 0 Å². The van der Waals surface area contributed by atoms with Gasteiger partial charge in [-0.2, -0.15) is 0 Å². The molecule has 1 aromatic rings. The SMILES string of the molecule is CCN(C(=O)C(C)C)c1ccc(C)cc1. The summed E-state index contributed by atoms with van der Waals surface area (Å²) in [6.45, 7) is 8.63. The lowest BCUT2D eigenvalue weighted by molar-refractivity contribution is -0.121. The normalized spacial score (nSPS) is 10.5. The van der Waals surface area contributed by atoms with Crippen molar-refractivity contribution < 1.29 is 4.79 Å². The summed E-state index contributed by atoms with van der Waals surface area (Å²) in [6, 6.07) is 8.06. The monoisotopic (exact) mass is 205 g/mol. The molecule has 1 amide bonds. The first-order valence-corrected chi connectivity index (χ1v) is 5.44. The first kappa shape index (κ1) is 11.8. The van der Waals surface area contributed by atoms with Crippen molar-refractivity contribution in [1.82, 2.24) is 0 Å². The predicted octanol–water partition coefficient (Wildman–Crippen LogP) is 3.00. The number of carbonyl (C=O) groups excluding carboxylic acids is 1. The predicted molar refractivity (Wildman–Crippen MR) is 64.0 cm³/mol. The summed E-state index contributed by atoms with van der Waals surface area (Å²) in [5.41, 5.74) is 2.20. The molecule has 0 radical (unpaired) electrons. The number of rotatable bonds is 3. The van der Waals surface area contributed by atoms with Gasteiger partial charge in [-0.1, -0.05) is 31.5 Å². The number of aryl methyl sites for hydroxylation is 1. The second-order valence-electron chi connectivity index (χ2n) is 4.07. The van der Waals surface area contributed by atoms with Crippen LogP contribution in [0.25, 0.3) is 0 Å². The Morgan fingerprint density at radius 2 is 1.80 bits per heavy atom. The lowest BCUT2D eigenvalue weighted by Crippen LogP contribution is -2.33. The van der Waals surface area contributed by atoms with E-state index in [4.69, 9.17) is 0 Å². The van der Waals surface area contributed by atoms with Gasteiger partial charge in [0.15, 0.2) is 0 Å². The van der Waals surface area contributed by atoms with Crippen molar-refractivity contribution >= 4 is 11.6 Å². The molecule has 0 aliphatic heterocycles. The van der Waals surface area contributed by atoms with Gasteiger partial charge in [-0.25, -0.2) is 0 Å². The van der Waals surface area contributed by atoms with Crippen LogP contribution in [0.4, 0.5) is 5.69 Å². The van der Waals surface area contributed by atoms with Gasteiger partial charge in [0.25, 0.3) is 0 Å². The Kier molecular flexibility index (Phi) is 3.89. The van der Waals surface area contributed by atoms with Crippen LogP contribution in [-0.2, 0) is 4.79 Å². The lowest BCUT2D eigenvalue weighted by atomic mass is 10.1. The van der Waals surface area contributed by atoms with Gasteiger partial charge in [-0.05, 0) is 26.0 Å². The molecule has 0 bridgehead atoms. The van der Waals surface area contributed by atoms with Crippen LogP contribution in [0.15, 0.2) is 24.3 Å². The summed E-state index contributed by atoms with van der Waals surface area (Å²) in [6.07, 6.45) is 0. The molecule has 0 fully saturated rings. The van der Waals surface area contributed by atoms with Crippen molar-refractivity contribution in [2.45, 2.75) is 27.7 Å². The van der Waals surface area contributed by atoms with E-state index < -0.39 is 0 Å². The highest BCUT2D eigenvalue weighted by molar-refractivity contribution is 5.94. The quantitative estimate of drug-likeness (QED) is 0.742. The average Bonchev–Trinajstić information content (AvgIpc) is 2.21. The number of nitrogens with zero attached hydrogens (tertiary/aromatic N) is 1. The fourth-order valence-electron chi connectivity index (χ4n) is 1.50. The fourth-order valence-corrected chi connectivity index (χ4v) is 1.50. The topological polar surface area (TPSA) is 20.3 Å². The third-order valence-corrected chi connectivity index (χ3v) is 2.42. The molecule has 0 saturated carbocycles. The van der Waals surface area contributed by atoms with Gasteiger partial charge in [0, 0.05) is 18.2 Å². The maximum absolute atomic E-state index is 11.9. The maximum atomic E-state index is 11.9. The Bertz CT molecular complexity index is 327. The molecule has 0 atom stereocenters. The molecule has 0 aliphatic carbocycles. The van der Waals surface area contributed by atoms with Crippen molar-refractivity contribution in [3.63, 3.8) is 0 Å². The molecular weight excluding hydrogens is 186 g/mol.